The van der Waals surface area contributed by atoms with Gasteiger partial charge in [-0.1, -0.05) is 35.3 Å². The van der Waals surface area contributed by atoms with Gasteiger partial charge in [0.25, 0.3) is 0 Å². The highest BCUT2D eigenvalue weighted by Gasteiger charge is 2.15. The number of halogens is 4. The van der Waals surface area contributed by atoms with Crippen molar-refractivity contribution in [2.45, 2.75) is 19.7 Å². The van der Waals surface area contributed by atoms with Crippen molar-refractivity contribution in [1.82, 2.24) is 14.1 Å². The molecule has 0 saturated carbocycles. The molecule has 0 spiro atoms. The summed E-state index contributed by atoms with van der Waals surface area (Å²) in [5, 5.41) is 12.4. The average Bonchev–Trinajstić information content (AvgIpc) is 2.71. The molecule has 12 heteroatoms. The van der Waals surface area contributed by atoms with E-state index in [9.17, 15) is 18.4 Å². The molecule has 3 rings (SSSR count). The number of hydrogen-bond acceptors (Lipinski definition) is 6. The minimum Gasteiger partial charge on any atom is -0.433 e. The van der Waals surface area contributed by atoms with Crippen molar-refractivity contribution >= 4 is 34.8 Å². The normalized spacial score (nSPS) is 11.0. The van der Waals surface area contributed by atoms with Crippen LogP contribution in [0.15, 0.2) is 52.1 Å². The van der Waals surface area contributed by atoms with E-state index in [1.165, 1.54) is 22.8 Å². The third-order valence-corrected chi connectivity index (χ3v) is 4.68. The van der Waals surface area contributed by atoms with E-state index in [2.05, 4.69) is 15.0 Å². The molecule has 0 fully saturated rings. The zero-order chi connectivity index (χ0) is 22.5. The number of rotatable bonds is 8. The second kappa shape index (κ2) is 9.90. The first kappa shape index (κ1) is 22.7. The molecule has 3 aromatic rings. The second-order valence-electron chi connectivity index (χ2n) is 6.24. The van der Waals surface area contributed by atoms with Crippen molar-refractivity contribution < 1.29 is 18.6 Å². The SMILES string of the molecule is O=c1nc(Nc2ccc(OC(F)F)c(Cl)c2)n(Cc2ccc(Cl)cc2)c(=O)n1CCO. The van der Waals surface area contributed by atoms with Crippen LogP contribution in [0, 0.1) is 0 Å². The lowest BCUT2D eigenvalue weighted by atomic mass is 10.2. The molecule has 0 amide bonds. The molecule has 0 saturated heterocycles. The van der Waals surface area contributed by atoms with Crippen LogP contribution in [0.3, 0.4) is 0 Å². The molecular formula is C19H16Cl2F2N4O4. The number of alkyl halides is 2. The van der Waals surface area contributed by atoms with Crippen LogP contribution in [0.1, 0.15) is 5.56 Å². The number of benzene rings is 2. The molecule has 2 aromatic carbocycles. The van der Waals surface area contributed by atoms with Gasteiger partial charge in [0.1, 0.15) is 5.75 Å². The van der Waals surface area contributed by atoms with Crippen LogP contribution in [0.5, 0.6) is 5.75 Å². The predicted octanol–water partition coefficient (Wildman–Crippen LogP) is 3.10. The van der Waals surface area contributed by atoms with Gasteiger partial charge in [-0.2, -0.15) is 13.8 Å². The molecule has 164 valence electrons. The number of aliphatic hydroxyl groups excluding tert-OH is 1. The third kappa shape index (κ3) is 5.60. The summed E-state index contributed by atoms with van der Waals surface area (Å²) in [7, 11) is 0. The van der Waals surface area contributed by atoms with E-state index in [1.54, 1.807) is 24.3 Å². The fourth-order valence-electron chi connectivity index (χ4n) is 2.73. The molecule has 2 N–H and O–H groups in total. The van der Waals surface area contributed by atoms with Gasteiger partial charge in [0, 0.05) is 10.7 Å². The van der Waals surface area contributed by atoms with E-state index in [0.29, 0.717) is 10.6 Å². The highest BCUT2D eigenvalue weighted by Crippen LogP contribution is 2.29. The Hall–Kier alpha value is -2.95. The summed E-state index contributed by atoms with van der Waals surface area (Å²) < 4.78 is 31.1. The maximum absolute atomic E-state index is 12.9. The van der Waals surface area contributed by atoms with E-state index in [1.807, 2.05) is 0 Å². The van der Waals surface area contributed by atoms with Gasteiger partial charge in [-0.25, -0.2) is 14.2 Å². The van der Waals surface area contributed by atoms with Crippen molar-refractivity contribution in [1.29, 1.82) is 0 Å². The predicted molar refractivity (Wildman–Crippen MR) is 112 cm³/mol. The Morgan fingerprint density at radius 2 is 1.81 bits per heavy atom. The van der Waals surface area contributed by atoms with E-state index >= 15 is 0 Å². The smallest absolute Gasteiger partial charge is 0.387 e. The number of nitrogens with zero attached hydrogens (tertiary/aromatic N) is 3. The second-order valence-corrected chi connectivity index (χ2v) is 7.08. The number of anilines is 2. The maximum Gasteiger partial charge on any atom is 0.387 e. The maximum atomic E-state index is 12.9. The minimum atomic E-state index is -3.04. The molecule has 0 aliphatic carbocycles. The summed E-state index contributed by atoms with van der Waals surface area (Å²) in [5.74, 6) is -0.329. The van der Waals surface area contributed by atoms with Gasteiger partial charge < -0.3 is 15.2 Å². The molecule has 0 aliphatic heterocycles. The van der Waals surface area contributed by atoms with Crippen LogP contribution in [-0.2, 0) is 13.1 Å². The molecule has 31 heavy (non-hydrogen) atoms. The zero-order valence-electron chi connectivity index (χ0n) is 15.8. The van der Waals surface area contributed by atoms with E-state index in [0.717, 1.165) is 4.57 Å². The van der Waals surface area contributed by atoms with Crippen molar-refractivity contribution in [2.75, 3.05) is 11.9 Å². The highest BCUT2D eigenvalue weighted by molar-refractivity contribution is 6.32. The Morgan fingerprint density at radius 1 is 1.10 bits per heavy atom. The first-order valence-electron chi connectivity index (χ1n) is 8.87. The van der Waals surface area contributed by atoms with Gasteiger partial charge in [-0.05, 0) is 35.9 Å². The van der Waals surface area contributed by atoms with Crippen LogP contribution < -0.4 is 21.4 Å². The van der Waals surface area contributed by atoms with Crippen molar-refractivity contribution in [3.8, 4) is 5.75 Å². The van der Waals surface area contributed by atoms with Crippen molar-refractivity contribution in [3.05, 3.63) is 79.0 Å². The summed E-state index contributed by atoms with van der Waals surface area (Å²) in [6, 6.07) is 10.6. The Balaban J connectivity index is 2.02. The van der Waals surface area contributed by atoms with Gasteiger partial charge >= 0.3 is 18.0 Å². The molecule has 8 nitrogen and oxygen atoms in total. The minimum absolute atomic E-state index is 0.0390. The first-order valence-corrected chi connectivity index (χ1v) is 9.62. The zero-order valence-corrected chi connectivity index (χ0v) is 17.3. The summed E-state index contributed by atoms with van der Waals surface area (Å²) in [4.78, 5) is 29.0. The molecule has 1 aromatic heterocycles. The summed E-state index contributed by atoms with van der Waals surface area (Å²) in [5.41, 5.74) is -0.583. The number of nitrogens with one attached hydrogen (secondary N) is 1. The number of hydrogen-bond donors (Lipinski definition) is 2. The van der Waals surface area contributed by atoms with E-state index in [4.69, 9.17) is 28.3 Å². The Morgan fingerprint density at radius 3 is 2.42 bits per heavy atom. The lowest BCUT2D eigenvalue weighted by Gasteiger charge is -2.16. The largest absolute Gasteiger partial charge is 0.433 e. The standard InChI is InChI=1S/C19H16Cl2F2N4O4/c20-12-3-1-11(2-4-12)10-27-17(25-18(29)26(7-8-28)19(27)30)24-13-5-6-15(14(21)9-13)31-16(22)23/h1-6,9,16,28H,7-8,10H2,(H,24,25,29). The average molecular weight is 473 g/mol. The number of aromatic nitrogens is 3. The van der Waals surface area contributed by atoms with Gasteiger partial charge in [-0.15, -0.1) is 0 Å². The molecule has 0 unspecified atom stereocenters. The molecule has 0 atom stereocenters. The summed E-state index contributed by atoms with van der Waals surface area (Å²) in [6.07, 6.45) is 0. The number of aliphatic hydroxyl groups is 1. The van der Waals surface area contributed by atoms with Crippen molar-refractivity contribution in [2.24, 2.45) is 0 Å². The van der Waals surface area contributed by atoms with Crippen LogP contribution in [0.2, 0.25) is 10.0 Å². The fraction of sp³-hybridized carbons (Fsp3) is 0.211. The monoisotopic (exact) mass is 472 g/mol. The molecule has 1 heterocycles. The Bertz CT molecular complexity index is 1180. The van der Waals surface area contributed by atoms with Gasteiger partial charge in [0.2, 0.25) is 5.95 Å². The van der Waals surface area contributed by atoms with E-state index < -0.39 is 24.6 Å². The lowest BCUT2D eigenvalue weighted by molar-refractivity contribution is -0.0497. The van der Waals surface area contributed by atoms with Crippen LogP contribution in [-0.4, -0.2) is 32.4 Å². The highest BCUT2D eigenvalue weighted by atomic mass is 35.5. The first-order chi connectivity index (χ1) is 14.8. The fourth-order valence-corrected chi connectivity index (χ4v) is 3.08. The topological polar surface area (TPSA) is 98.4 Å². The van der Waals surface area contributed by atoms with Crippen molar-refractivity contribution in [3.63, 3.8) is 0 Å². The van der Waals surface area contributed by atoms with E-state index in [-0.39, 0.29) is 35.5 Å². The molecular weight excluding hydrogens is 457 g/mol. The Kier molecular flexibility index (Phi) is 7.26. The summed E-state index contributed by atoms with van der Waals surface area (Å²) >= 11 is 11.9. The number of ether oxygens (including phenoxy) is 1. The quantitative estimate of drug-likeness (QED) is 0.522. The van der Waals surface area contributed by atoms with Gasteiger partial charge in [-0.3, -0.25) is 4.57 Å². The van der Waals surface area contributed by atoms with Gasteiger partial charge in [0.05, 0.1) is 24.7 Å². The summed E-state index contributed by atoms with van der Waals surface area (Å²) in [6.45, 7) is -3.65. The van der Waals surface area contributed by atoms with Crippen LogP contribution in [0.4, 0.5) is 20.4 Å². The molecule has 0 radical (unpaired) electrons. The lowest BCUT2D eigenvalue weighted by Crippen LogP contribution is -2.43. The Labute approximate surface area is 184 Å². The van der Waals surface area contributed by atoms with Gasteiger partial charge in [0.15, 0.2) is 0 Å². The third-order valence-electron chi connectivity index (χ3n) is 4.13. The molecule has 0 aliphatic rings. The molecule has 0 bridgehead atoms. The van der Waals surface area contributed by atoms with Crippen LogP contribution >= 0.6 is 23.2 Å². The van der Waals surface area contributed by atoms with Crippen LogP contribution in [0.25, 0.3) is 0 Å².